The summed E-state index contributed by atoms with van der Waals surface area (Å²) in [4.78, 5) is 18.8. The van der Waals surface area contributed by atoms with Gasteiger partial charge < -0.3 is 14.8 Å². The zero-order valence-corrected chi connectivity index (χ0v) is 21.6. The summed E-state index contributed by atoms with van der Waals surface area (Å²) in [6.07, 6.45) is 10.7. The Balaban J connectivity index is 1.23. The third-order valence-electron chi connectivity index (χ3n) is 7.33. The molecule has 0 unspecified atom stereocenters. The van der Waals surface area contributed by atoms with Crippen LogP contribution >= 0.6 is 0 Å². The summed E-state index contributed by atoms with van der Waals surface area (Å²) in [6.45, 7) is 3.54. The number of benzene rings is 1. The molecule has 200 valence electrons. The first-order valence-corrected chi connectivity index (χ1v) is 13.2. The van der Waals surface area contributed by atoms with Crippen LogP contribution in [0.5, 0.6) is 11.5 Å². The van der Waals surface area contributed by atoms with E-state index in [1.807, 2.05) is 18.2 Å². The molecule has 3 N–H and O–H groups in total. The standard InChI is InChI=1S/C30H26FN7O2/c31-21-7-18(9-23(11-21)40-6-5-38-3-1-2-4-38)26-16-33-17-28-24(26)12-27(35-28)29-25-10-20(14-34-30(25)37-36-29)19-8-22(39)15-32-13-19/h7-17,35,39H,1-6H2,(H,34,36,37). The van der Waals surface area contributed by atoms with Crippen molar-refractivity contribution >= 4 is 21.9 Å². The van der Waals surface area contributed by atoms with E-state index in [9.17, 15) is 9.50 Å². The molecular weight excluding hydrogens is 509 g/mol. The molecule has 1 aromatic carbocycles. The summed E-state index contributed by atoms with van der Waals surface area (Å²) >= 11 is 0. The Kier molecular flexibility index (Phi) is 6.09. The Labute approximate surface area is 228 Å². The van der Waals surface area contributed by atoms with Crippen LogP contribution in [-0.2, 0) is 0 Å². The zero-order chi connectivity index (χ0) is 27.1. The van der Waals surface area contributed by atoms with Gasteiger partial charge >= 0.3 is 0 Å². The summed E-state index contributed by atoms with van der Waals surface area (Å²) in [5.74, 6) is 0.221. The van der Waals surface area contributed by atoms with Gasteiger partial charge in [-0.25, -0.2) is 9.37 Å². The number of nitrogens with one attached hydrogen (secondary N) is 2. The Morgan fingerprint density at radius 3 is 2.60 bits per heavy atom. The van der Waals surface area contributed by atoms with E-state index in [0.29, 0.717) is 29.3 Å². The second kappa shape index (κ2) is 10.0. The van der Waals surface area contributed by atoms with E-state index >= 15 is 0 Å². The molecule has 1 saturated heterocycles. The Bertz CT molecular complexity index is 1840. The van der Waals surface area contributed by atoms with E-state index in [2.05, 4.69) is 35.0 Å². The van der Waals surface area contributed by atoms with E-state index < -0.39 is 0 Å². The molecule has 0 saturated carbocycles. The first-order valence-electron chi connectivity index (χ1n) is 13.2. The van der Waals surface area contributed by atoms with Crippen molar-refractivity contribution in [1.29, 1.82) is 0 Å². The molecule has 6 heterocycles. The average Bonchev–Trinajstić information content (AvgIpc) is 3.72. The summed E-state index contributed by atoms with van der Waals surface area (Å²) in [5.41, 5.74) is 5.89. The van der Waals surface area contributed by atoms with Gasteiger partial charge in [0.25, 0.3) is 0 Å². The lowest BCUT2D eigenvalue weighted by atomic mass is 10.0. The van der Waals surface area contributed by atoms with Crippen LogP contribution in [0.2, 0.25) is 0 Å². The lowest BCUT2D eigenvalue weighted by Crippen LogP contribution is -2.25. The molecule has 6 aromatic rings. The van der Waals surface area contributed by atoms with Crippen molar-refractivity contribution in [3.8, 4) is 45.1 Å². The molecule has 0 aliphatic carbocycles. The number of aromatic hydroxyl groups is 1. The van der Waals surface area contributed by atoms with Gasteiger partial charge in [-0.1, -0.05) is 0 Å². The maximum absolute atomic E-state index is 14.7. The van der Waals surface area contributed by atoms with Crippen molar-refractivity contribution in [2.45, 2.75) is 12.8 Å². The van der Waals surface area contributed by atoms with Crippen molar-refractivity contribution in [1.82, 2.24) is 35.0 Å². The van der Waals surface area contributed by atoms with Crippen LogP contribution < -0.4 is 4.74 Å². The molecule has 5 aromatic heterocycles. The van der Waals surface area contributed by atoms with Gasteiger partial charge in [-0.15, -0.1) is 0 Å². The molecule has 0 spiro atoms. The number of ether oxygens (including phenoxy) is 1. The smallest absolute Gasteiger partial charge is 0.155 e. The highest BCUT2D eigenvalue weighted by molar-refractivity contribution is 6.00. The highest BCUT2D eigenvalue weighted by atomic mass is 19.1. The third-order valence-corrected chi connectivity index (χ3v) is 7.33. The molecule has 9 nitrogen and oxygen atoms in total. The largest absolute Gasteiger partial charge is 0.506 e. The van der Waals surface area contributed by atoms with Crippen molar-refractivity contribution < 1.29 is 14.2 Å². The molecular formula is C30H26FN7O2. The number of halogens is 1. The SMILES string of the molecule is Oc1cncc(-c2cnc3[nH]nc(-c4cc5c(-c6cc(F)cc(OCCN7CCCC7)c6)cncc5[nH]4)c3c2)c1. The summed E-state index contributed by atoms with van der Waals surface area (Å²) < 4.78 is 20.6. The molecule has 1 fully saturated rings. The third kappa shape index (κ3) is 4.62. The van der Waals surface area contributed by atoms with Crippen LogP contribution in [-0.4, -0.2) is 66.4 Å². The van der Waals surface area contributed by atoms with Crippen molar-refractivity contribution in [2.75, 3.05) is 26.2 Å². The number of pyridine rings is 3. The van der Waals surface area contributed by atoms with Gasteiger partial charge in [0, 0.05) is 58.7 Å². The van der Waals surface area contributed by atoms with E-state index in [-0.39, 0.29) is 11.6 Å². The predicted octanol–water partition coefficient (Wildman–Crippen LogP) is 5.55. The fourth-order valence-electron chi connectivity index (χ4n) is 5.36. The second-order valence-electron chi connectivity index (χ2n) is 10.0. The molecule has 0 radical (unpaired) electrons. The average molecular weight is 536 g/mol. The monoisotopic (exact) mass is 535 g/mol. The number of rotatable bonds is 7. The minimum absolute atomic E-state index is 0.0816. The first-order chi connectivity index (χ1) is 19.6. The molecule has 40 heavy (non-hydrogen) atoms. The minimum atomic E-state index is -0.361. The van der Waals surface area contributed by atoms with Gasteiger partial charge in [-0.05, 0) is 61.8 Å². The number of likely N-dealkylation sites (tertiary alicyclic amines) is 1. The van der Waals surface area contributed by atoms with Gasteiger partial charge in [0.1, 0.15) is 29.6 Å². The predicted molar refractivity (Wildman–Crippen MR) is 150 cm³/mol. The van der Waals surface area contributed by atoms with Gasteiger partial charge in [0.05, 0.1) is 23.6 Å². The number of aromatic nitrogens is 6. The first kappa shape index (κ1) is 24.2. The van der Waals surface area contributed by atoms with E-state index in [1.54, 1.807) is 30.9 Å². The van der Waals surface area contributed by atoms with Crippen LogP contribution in [0.25, 0.3) is 55.6 Å². The quantitative estimate of drug-likeness (QED) is 0.245. The van der Waals surface area contributed by atoms with Crippen LogP contribution in [0, 0.1) is 5.82 Å². The van der Waals surface area contributed by atoms with Crippen LogP contribution in [0.3, 0.4) is 0 Å². The zero-order valence-electron chi connectivity index (χ0n) is 21.6. The fourth-order valence-corrected chi connectivity index (χ4v) is 5.36. The minimum Gasteiger partial charge on any atom is -0.506 e. The van der Waals surface area contributed by atoms with Crippen molar-refractivity contribution in [3.05, 3.63) is 73.2 Å². The molecule has 0 atom stereocenters. The van der Waals surface area contributed by atoms with Gasteiger partial charge in [0.15, 0.2) is 5.65 Å². The van der Waals surface area contributed by atoms with Crippen LogP contribution in [0.15, 0.2) is 67.4 Å². The molecule has 0 bridgehead atoms. The van der Waals surface area contributed by atoms with Crippen molar-refractivity contribution in [2.24, 2.45) is 0 Å². The van der Waals surface area contributed by atoms with Gasteiger partial charge in [-0.2, -0.15) is 5.10 Å². The van der Waals surface area contributed by atoms with Crippen LogP contribution in [0.1, 0.15) is 12.8 Å². The fraction of sp³-hybridized carbons (Fsp3) is 0.200. The molecule has 10 heteroatoms. The topological polar surface area (TPSA) is 116 Å². The number of hydrogen-bond donors (Lipinski definition) is 3. The van der Waals surface area contributed by atoms with Gasteiger partial charge in [0.2, 0.25) is 0 Å². The summed E-state index contributed by atoms with van der Waals surface area (Å²) in [5, 5.41) is 19.1. The Morgan fingerprint density at radius 1 is 0.875 bits per heavy atom. The van der Waals surface area contributed by atoms with E-state index in [4.69, 9.17) is 4.74 Å². The van der Waals surface area contributed by atoms with Crippen molar-refractivity contribution in [3.63, 3.8) is 0 Å². The number of fused-ring (bicyclic) bond motifs is 2. The molecule has 1 aliphatic heterocycles. The van der Waals surface area contributed by atoms with E-state index in [0.717, 1.165) is 58.3 Å². The second-order valence-corrected chi connectivity index (χ2v) is 10.0. The normalized spacial score (nSPS) is 13.9. The van der Waals surface area contributed by atoms with Crippen LogP contribution in [0.4, 0.5) is 4.39 Å². The van der Waals surface area contributed by atoms with Gasteiger partial charge in [-0.3, -0.25) is 20.0 Å². The number of nitrogens with zero attached hydrogens (tertiary/aromatic N) is 5. The van der Waals surface area contributed by atoms with E-state index in [1.165, 1.54) is 31.2 Å². The maximum atomic E-state index is 14.7. The summed E-state index contributed by atoms with van der Waals surface area (Å²) in [6, 6.07) is 10.4. The molecule has 7 rings (SSSR count). The summed E-state index contributed by atoms with van der Waals surface area (Å²) in [7, 11) is 0. The number of H-pyrrole nitrogens is 2. The molecule has 1 aliphatic rings. The highest BCUT2D eigenvalue weighted by Crippen LogP contribution is 2.35. The number of hydrogen-bond acceptors (Lipinski definition) is 7. The highest BCUT2D eigenvalue weighted by Gasteiger charge is 2.17. The lowest BCUT2D eigenvalue weighted by molar-refractivity contribution is 0.237. The Hall–Kier alpha value is -4.83. The Morgan fingerprint density at radius 2 is 1.73 bits per heavy atom. The number of aromatic amines is 2. The lowest BCUT2D eigenvalue weighted by Gasteiger charge is -2.15. The molecule has 0 amide bonds. The maximum Gasteiger partial charge on any atom is 0.155 e.